The first-order valence-electron chi connectivity index (χ1n) is 10.6. The molecule has 0 aromatic carbocycles. The lowest BCUT2D eigenvalue weighted by Crippen LogP contribution is -3.03. The van der Waals surface area contributed by atoms with Gasteiger partial charge in [-0.05, 0) is 13.0 Å². The average Bonchev–Trinajstić information content (AvgIpc) is 3.02. The van der Waals surface area contributed by atoms with Gasteiger partial charge in [-0.3, -0.25) is 4.79 Å². The zero-order valence-electron chi connectivity index (χ0n) is 17.8. The number of ether oxygens (including phenoxy) is 1. The van der Waals surface area contributed by atoms with Crippen molar-refractivity contribution in [2.24, 2.45) is 0 Å². The van der Waals surface area contributed by atoms with E-state index in [1.807, 2.05) is 0 Å². The third-order valence-corrected chi connectivity index (χ3v) is 18.3. The molecule has 6 aliphatic carbocycles. The van der Waals surface area contributed by atoms with Crippen molar-refractivity contribution in [3.63, 3.8) is 0 Å². The minimum Gasteiger partial charge on any atom is -0.461 e. The van der Waals surface area contributed by atoms with Crippen molar-refractivity contribution in [2.45, 2.75) is 68.8 Å². The summed E-state index contributed by atoms with van der Waals surface area (Å²) in [7, 11) is 0. The molecule has 0 aliphatic heterocycles. The number of ketones is 1. The smallest absolute Gasteiger partial charge is 0.372 e. The van der Waals surface area contributed by atoms with Gasteiger partial charge < -0.3 is 9.84 Å². The highest BCUT2D eigenvalue weighted by atomic mass is 35.5. The number of aliphatic hydroxyl groups is 1. The lowest BCUT2D eigenvalue weighted by molar-refractivity contribution is -0.686. The lowest BCUT2D eigenvalue weighted by atomic mass is 9.41. The zero-order chi connectivity index (χ0) is 27.0. The molecule has 9 atom stereocenters. The van der Waals surface area contributed by atoms with Gasteiger partial charge in [-0.2, -0.15) is 4.57 Å². The maximum absolute atomic E-state index is 13.5. The Morgan fingerprint density at radius 3 is 1.75 bits per heavy atom. The molecule has 5 unspecified atom stereocenters. The van der Waals surface area contributed by atoms with E-state index in [2.05, 4.69) is 0 Å². The molecule has 15 heteroatoms. The van der Waals surface area contributed by atoms with Crippen LogP contribution < -0.4 is 4.57 Å². The van der Waals surface area contributed by atoms with Crippen molar-refractivity contribution >= 4 is 128 Å². The number of Topliss-reactive ketones (excluding diaryl/α,β-unsaturated/α-hetero) is 1. The summed E-state index contributed by atoms with van der Waals surface area (Å²) in [5.74, 6) is -1.11. The maximum Gasteiger partial charge on any atom is 0.372 e. The second kappa shape index (κ2) is 6.78. The third-order valence-electron chi connectivity index (χ3n) is 8.97. The quantitative estimate of drug-likeness (QED) is 0.199. The maximum atomic E-state index is 13.5. The lowest BCUT2D eigenvalue weighted by Gasteiger charge is -2.81. The van der Waals surface area contributed by atoms with Crippen LogP contribution in [0.3, 0.4) is 0 Å². The fourth-order valence-corrected chi connectivity index (χ4v) is 16.7. The predicted octanol–water partition coefficient (Wildman–Crippen LogP) is 4.90. The molecule has 6 fully saturated rings. The van der Waals surface area contributed by atoms with Crippen LogP contribution in [-0.2, 0) is 16.1 Å². The Kier molecular flexibility index (Phi) is 5.15. The van der Waals surface area contributed by atoms with Crippen molar-refractivity contribution in [2.75, 3.05) is 6.61 Å². The molecule has 196 valence electrons. The molecule has 0 radical (unpaired) electrons. The van der Waals surface area contributed by atoms with Gasteiger partial charge in [0.25, 0.3) is 0 Å². The van der Waals surface area contributed by atoms with E-state index in [9.17, 15) is 14.7 Å². The first kappa shape index (κ1) is 27.3. The summed E-state index contributed by atoms with van der Waals surface area (Å²) in [5.41, 5.74) is -2.28. The highest BCUT2D eigenvalue weighted by Gasteiger charge is 3.32. The topological polar surface area (TPSA) is 67.5 Å². The number of halogens is 10. The Labute approximate surface area is 255 Å². The van der Waals surface area contributed by atoms with Crippen LogP contribution in [0.25, 0.3) is 0 Å². The number of carbonyl (C=O) groups is 2. The molecule has 36 heavy (non-hydrogen) atoms. The molecule has 4 bridgehead atoms. The predicted molar refractivity (Wildman–Crippen MR) is 140 cm³/mol. The fraction of sp³-hybridized carbons (Fsp3) is 0.667. The first-order valence-corrected chi connectivity index (χ1v) is 14.4. The van der Waals surface area contributed by atoms with Gasteiger partial charge in [0.2, 0.25) is 6.54 Å². The number of aromatic nitrogens is 1. The number of carbonyl (C=O) groups excluding carboxylic acids is 2. The van der Waals surface area contributed by atoms with E-state index in [-0.39, 0.29) is 18.7 Å². The van der Waals surface area contributed by atoms with Crippen LogP contribution in [0.1, 0.15) is 23.7 Å². The summed E-state index contributed by atoms with van der Waals surface area (Å²) >= 11 is 69.7. The van der Waals surface area contributed by atoms with Gasteiger partial charge >= 0.3 is 5.97 Å². The summed E-state index contributed by atoms with van der Waals surface area (Å²) < 4.78 is 4.28. The van der Waals surface area contributed by atoms with E-state index in [1.54, 1.807) is 19.2 Å². The Hall–Kier alpha value is 1.15. The summed E-state index contributed by atoms with van der Waals surface area (Å²) in [6, 6.07) is 3.03. The van der Waals surface area contributed by atoms with Gasteiger partial charge in [0.1, 0.15) is 44.6 Å². The Morgan fingerprint density at radius 2 is 1.31 bits per heavy atom. The number of esters is 1. The largest absolute Gasteiger partial charge is 0.461 e. The summed E-state index contributed by atoms with van der Waals surface area (Å²) in [6.07, 6.45) is 2.28. The van der Waals surface area contributed by atoms with E-state index in [1.165, 1.54) is 16.8 Å². The van der Waals surface area contributed by atoms with Crippen LogP contribution in [0.5, 0.6) is 0 Å². The number of rotatable bonds is 6. The standard InChI is InChI=1S/C21H14Cl10NO4/c1-2-36-11(34)8-32-5-3-4-9(7-32)10(33)6-12(35)13(22)15(24)17(26)14(12,23)18(27)16(13,25)19(15,28)21(30,31)20(17,18)29/h3-5,7,35H,2,6,8H2,1H3/q+1/t12?,13?,14?,15-,16-,17-,18+,19?,20?/m0/s1. The molecule has 1 aromatic heterocycles. The van der Waals surface area contributed by atoms with Crippen LogP contribution in [0.15, 0.2) is 24.5 Å². The van der Waals surface area contributed by atoms with E-state index in [4.69, 9.17) is 121 Å². The molecular weight excluding hydrogens is 685 g/mol. The van der Waals surface area contributed by atoms with Crippen LogP contribution in [0.2, 0.25) is 0 Å². The third kappa shape index (κ3) is 1.75. The van der Waals surface area contributed by atoms with Crippen molar-refractivity contribution < 1.29 is 24.0 Å². The first-order chi connectivity index (χ1) is 16.3. The van der Waals surface area contributed by atoms with Crippen LogP contribution in [0, 0.1) is 0 Å². The van der Waals surface area contributed by atoms with Crippen molar-refractivity contribution in [1.29, 1.82) is 0 Å². The van der Waals surface area contributed by atoms with Gasteiger partial charge in [-0.15, -0.1) is 92.8 Å². The van der Waals surface area contributed by atoms with Gasteiger partial charge in [-0.1, -0.05) is 23.2 Å². The molecule has 5 nitrogen and oxygen atoms in total. The Balaban J connectivity index is 1.45. The number of alkyl halides is 10. The average molecular weight is 699 g/mol. The molecular formula is C21H14Cl10NO4+. The normalized spacial score (nSPS) is 55.9. The van der Waals surface area contributed by atoms with E-state index < -0.39 is 67.1 Å². The number of nitrogens with zero attached hydrogens (tertiary/aromatic N) is 1. The number of hydrogen-bond acceptors (Lipinski definition) is 4. The van der Waals surface area contributed by atoms with Crippen LogP contribution in [0.4, 0.5) is 0 Å². The van der Waals surface area contributed by atoms with E-state index in [0.717, 1.165) is 0 Å². The van der Waals surface area contributed by atoms with Crippen LogP contribution in [-0.4, -0.2) is 72.4 Å². The SMILES string of the molecule is CCOC(=O)C[n+]1cccc(C(=O)CC2(O)C3(Cl)[C@]4(Cl)C5(Cl)C(Cl)(Cl)C6(Cl)[C@]4(Cl)C2(Cl)[C@]6(Cl)[C@]53Cl)c1. The minimum atomic E-state index is -2.41. The second-order valence-corrected chi connectivity index (χ2v) is 15.7. The van der Waals surface area contributed by atoms with E-state index in [0.29, 0.717) is 0 Å². The molecule has 0 saturated heterocycles. The minimum absolute atomic E-state index is 0.124. The molecule has 6 aliphatic rings. The van der Waals surface area contributed by atoms with Gasteiger partial charge in [-0.25, -0.2) is 4.79 Å². The molecule has 0 spiro atoms. The number of pyridine rings is 1. The highest BCUT2D eigenvalue weighted by Crippen LogP contribution is 3.12. The molecule has 0 amide bonds. The van der Waals surface area contributed by atoms with Crippen molar-refractivity contribution in [1.82, 2.24) is 0 Å². The molecule has 1 heterocycles. The second-order valence-electron chi connectivity index (χ2n) is 9.87. The molecule has 1 N–H and O–H groups in total. The summed E-state index contributed by atoms with van der Waals surface area (Å²) in [5, 5.41) is 12.2. The van der Waals surface area contributed by atoms with E-state index >= 15 is 0 Å². The summed E-state index contributed by atoms with van der Waals surface area (Å²) in [4.78, 5) is 8.72. The van der Waals surface area contributed by atoms with Crippen molar-refractivity contribution in [3.8, 4) is 0 Å². The highest BCUT2D eigenvalue weighted by molar-refractivity contribution is 6.78. The summed E-state index contributed by atoms with van der Waals surface area (Å²) in [6.45, 7) is 1.74. The van der Waals surface area contributed by atoms with Gasteiger partial charge in [0, 0.05) is 12.5 Å². The van der Waals surface area contributed by atoms with Crippen molar-refractivity contribution in [3.05, 3.63) is 30.1 Å². The molecule has 1 aromatic rings. The Morgan fingerprint density at radius 1 is 0.833 bits per heavy atom. The fourth-order valence-electron chi connectivity index (χ4n) is 7.87. The van der Waals surface area contributed by atoms with Crippen LogP contribution >= 0.6 is 116 Å². The molecule has 7 rings (SSSR count). The van der Waals surface area contributed by atoms with Gasteiger partial charge in [0.05, 0.1) is 12.2 Å². The molecule has 6 saturated carbocycles. The Bertz CT molecular complexity index is 1220. The number of hydrogen-bond donors (Lipinski definition) is 1. The van der Waals surface area contributed by atoms with Gasteiger partial charge in [0.15, 0.2) is 22.5 Å². The zero-order valence-corrected chi connectivity index (χ0v) is 25.4. The monoisotopic (exact) mass is 694 g/mol.